The van der Waals surface area contributed by atoms with E-state index in [-0.39, 0.29) is 17.5 Å². The summed E-state index contributed by atoms with van der Waals surface area (Å²) in [6, 6.07) is 11.8. The van der Waals surface area contributed by atoms with Gasteiger partial charge in [0.1, 0.15) is 0 Å². The minimum atomic E-state index is -0.549. The molecule has 0 aromatic heterocycles. The van der Waals surface area contributed by atoms with Crippen LogP contribution < -0.4 is 5.32 Å². The van der Waals surface area contributed by atoms with Gasteiger partial charge in [-0.25, -0.2) is 9.79 Å². The maximum absolute atomic E-state index is 12.0. The van der Waals surface area contributed by atoms with Crippen LogP contribution in [0.25, 0.3) is 6.08 Å². The van der Waals surface area contributed by atoms with E-state index < -0.39 is 5.97 Å². The zero-order valence-electron chi connectivity index (χ0n) is 13.0. The lowest BCUT2D eigenvalue weighted by Gasteiger charge is -2.03. The summed E-state index contributed by atoms with van der Waals surface area (Å²) in [5.74, 6) is -0.512. The first-order chi connectivity index (χ1) is 11.9. The van der Waals surface area contributed by atoms with Crippen LogP contribution in [0.5, 0.6) is 0 Å². The molecule has 0 aliphatic carbocycles. The fourth-order valence-electron chi connectivity index (χ4n) is 2.19. The summed E-state index contributed by atoms with van der Waals surface area (Å²) in [5, 5.41) is 3.48. The number of benzene rings is 2. The summed E-state index contributed by atoms with van der Waals surface area (Å²) < 4.78 is 5.20. The number of halogens is 2. The van der Waals surface area contributed by atoms with Crippen LogP contribution in [0.4, 0.5) is 5.69 Å². The Morgan fingerprint density at radius 2 is 1.84 bits per heavy atom. The van der Waals surface area contributed by atoms with Gasteiger partial charge in [-0.15, -0.1) is 0 Å². The van der Waals surface area contributed by atoms with E-state index in [9.17, 15) is 9.59 Å². The molecule has 1 aliphatic rings. The van der Waals surface area contributed by atoms with Crippen LogP contribution in [0.3, 0.4) is 0 Å². The van der Waals surface area contributed by atoms with Crippen molar-refractivity contribution in [2.24, 2.45) is 4.99 Å². The zero-order valence-corrected chi connectivity index (χ0v) is 14.6. The predicted molar refractivity (Wildman–Crippen MR) is 97.8 cm³/mol. The topological polar surface area (TPSA) is 67.8 Å². The van der Waals surface area contributed by atoms with Crippen molar-refractivity contribution in [1.29, 1.82) is 0 Å². The van der Waals surface area contributed by atoms with E-state index in [0.717, 1.165) is 0 Å². The number of cyclic esters (lactones) is 1. The number of hydrogen-bond acceptors (Lipinski definition) is 4. The molecule has 126 valence electrons. The Kier molecular flexibility index (Phi) is 4.88. The number of nitrogens with zero attached hydrogens (tertiary/aromatic N) is 1. The van der Waals surface area contributed by atoms with Crippen molar-refractivity contribution in [3.63, 3.8) is 0 Å². The van der Waals surface area contributed by atoms with Crippen LogP contribution in [0, 0.1) is 0 Å². The maximum atomic E-state index is 12.0. The lowest BCUT2D eigenvalue weighted by atomic mass is 10.2. The molecule has 2 aromatic rings. The first-order valence-corrected chi connectivity index (χ1v) is 8.03. The van der Waals surface area contributed by atoms with E-state index in [1.807, 2.05) is 0 Å². The molecule has 0 saturated heterocycles. The second-order valence-electron chi connectivity index (χ2n) is 5.27. The fourth-order valence-corrected chi connectivity index (χ4v) is 2.50. The van der Waals surface area contributed by atoms with Crippen LogP contribution in [0.1, 0.15) is 18.1 Å². The molecule has 1 heterocycles. The minimum absolute atomic E-state index is 0.163. The molecule has 0 saturated carbocycles. The molecule has 25 heavy (non-hydrogen) atoms. The monoisotopic (exact) mass is 374 g/mol. The third-order valence-electron chi connectivity index (χ3n) is 3.32. The summed E-state index contributed by atoms with van der Waals surface area (Å²) in [4.78, 5) is 27.3. The van der Waals surface area contributed by atoms with Gasteiger partial charge < -0.3 is 10.1 Å². The van der Waals surface area contributed by atoms with Gasteiger partial charge in [0.25, 0.3) is 0 Å². The largest absolute Gasteiger partial charge is 0.402 e. The first-order valence-electron chi connectivity index (χ1n) is 7.28. The van der Waals surface area contributed by atoms with Crippen molar-refractivity contribution in [1.82, 2.24) is 0 Å². The molecule has 0 bridgehead atoms. The molecule has 1 amide bonds. The number of nitrogens with one attached hydrogen (secondary N) is 1. The van der Waals surface area contributed by atoms with Gasteiger partial charge in [0.05, 0.1) is 10.0 Å². The molecule has 0 atom stereocenters. The van der Waals surface area contributed by atoms with Crippen molar-refractivity contribution in [3.05, 3.63) is 69.3 Å². The highest BCUT2D eigenvalue weighted by atomic mass is 35.5. The van der Waals surface area contributed by atoms with Crippen molar-refractivity contribution < 1.29 is 14.3 Å². The number of hydrogen-bond donors (Lipinski definition) is 1. The summed E-state index contributed by atoms with van der Waals surface area (Å²) in [5.41, 5.74) is 2.12. The van der Waals surface area contributed by atoms with E-state index in [1.165, 1.54) is 6.92 Å². The van der Waals surface area contributed by atoms with E-state index in [0.29, 0.717) is 26.9 Å². The smallest absolute Gasteiger partial charge is 0.363 e. The highest BCUT2D eigenvalue weighted by Gasteiger charge is 2.24. The Bertz CT molecular complexity index is 918. The van der Waals surface area contributed by atoms with E-state index in [1.54, 1.807) is 48.5 Å². The molecule has 0 radical (unpaired) electrons. The van der Waals surface area contributed by atoms with E-state index >= 15 is 0 Å². The lowest BCUT2D eigenvalue weighted by molar-refractivity contribution is -0.129. The summed E-state index contributed by atoms with van der Waals surface area (Å²) in [6.07, 6.45) is 1.57. The molecule has 3 rings (SSSR count). The van der Waals surface area contributed by atoms with E-state index in [2.05, 4.69) is 10.3 Å². The SMILES string of the molecule is CC(=O)Nc1ccc(C2=N/C(=C\c3ccc(Cl)c(Cl)c3)C(=O)O2)cc1. The Morgan fingerprint density at radius 3 is 2.48 bits per heavy atom. The van der Waals surface area contributed by atoms with Crippen molar-refractivity contribution in [2.75, 3.05) is 5.32 Å². The zero-order chi connectivity index (χ0) is 18.0. The third-order valence-corrected chi connectivity index (χ3v) is 4.06. The molecular weight excluding hydrogens is 363 g/mol. The van der Waals surface area contributed by atoms with Crippen LogP contribution in [-0.2, 0) is 14.3 Å². The number of anilines is 1. The van der Waals surface area contributed by atoms with Gasteiger partial charge in [0, 0.05) is 18.2 Å². The predicted octanol–water partition coefficient (Wildman–Crippen LogP) is 4.30. The normalized spacial score (nSPS) is 15.1. The van der Waals surface area contributed by atoms with Crippen LogP contribution >= 0.6 is 23.2 Å². The second kappa shape index (κ2) is 7.09. The van der Waals surface area contributed by atoms with Crippen molar-refractivity contribution in [2.45, 2.75) is 6.92 Å². The molecule has 0 unspecified atom stereocenters. The molecule has 0 spiro atoms. The molecule has 7 heteroatoms. The number of esters is 1. The van der Waals surface area contributed by atoms with Gasteiger partial charge in [-0.05, 0) is 48.0 Å². The number of aliphatic imine (C=N–C) groups is 1. The quantitative estimate of drug-likeness (QED) is 0.643. The minimum Gasteiger partial charge on any atom is -0.402 e. The number of ether oxygens (including phenoxy) is 1. The van der Waals surface area contributed by atoms with Crippen LogP contribution in [0.2, 0.25) is 10.0 Å². The van der Waals surface area contributed by atoms with Crippen LogP contribution in [-0.4, -0.2) is 17.8 Å². The summed E-state index contributed by atoms with van der Waals surface area (Å²) >= 11 is 11.8. The standard InChI is InChI=1S/C18H12Cl2N2O3/c1-10(23)21-13-5-3-12(4-6-13)17-22-16(18(24)25-17)9-11-2-7-14(19)15(20)8-11/h2-9H,1H3,(H,21,23)/b16-9-. The van der Waals surface area contributed by atoms with Crippen LogP contribution in [0.15, 0.2) is 53.2 Å². The second-order valence-corrected chi connectivity index (χ2v) is 6.08. The number of carbonyl (C=O) groups excluding carboxylic acids is 2. The van der Waals surface area contributed by atoms with Gasteiger partial charge in [-0.3, -0.25) is 4.79 Å². The van der Waals surface area contributed by atoms with Gasteiger partial charge >= 0.3 is 5.97 Å². The first kappa shape index (κ1) is 17.2. The summed E-state index contributed by atoms with van der Waals surface area (Å²) in [7, 11) is 0. The van der Waals surface area contributed by atoms with Gasteiger partial charge in [0.2, 0.25) is 11.8 Å². The molecule has 0 fully saturated rings. The molecule has 1 N–H and O–H groups in total. The fraction of sp³-hybridized carbons (Fsp3) is 0.0556. The average Bonchev–Trinajstić information content (AvgIpc) is 2.92. The third kappa shape index (κ3) is 4.07. The Balaban J connectivity index is 1.85. The van der Waals surface area contributed by atoms with Gasteiger partial charge in [-0.2, -0.15) is 0 Å². The molecule has 1 aliphatic heterocycles. The number of rotatable bonds is 3. The molecule has 5 nitrogen and oxygen atoms in total. The average molecular weight is 375 g/mol. The lowest BCUT2D eigenvalue weighted by Crippen LogP contribution is -2.07. The number of carbonyl (C=O) groups is 2. The highest BCUT2D eigenvalue weighted by molar-refractivity contribution is 6.42. The maximum Gasteiger partial charge on any atom is 0.363 e. The van der Waals surface area contributed by atoms with Crippen molar-refractivity contribution >= 4 is 52.7 Å². The van der Waals surface area contributed by atoms with Gasteiger partial charge in [0.15, 0.2) is 5.70 Å². The Labute approximate surface area is 153 Å². The molecular formula is C18H12Cl2N2O3. The van der Waals surface area contributed by atoms with E-state index in [4.69, 9.17) is 27.9 Å². The highest BCUT2D eigenvalue weighted by Crippen LogP contribution is 2.25. The Hall–Kier alpha value is -2.63. The van der Waals surface area contributed by atoms with Gasteiger partial charge in [-0.1, -0.05) is 29.3 Å². The number of amides is 1. The summed E-state index contributed by atoms with van der Waals surface area (Å²) in [6.45, 7) is 1.43. The molecule has 2 aromatic carbocycles. The van der Waals surface area contributed by atoms with Crippen molar-refractivity contribution in [3.8, 4) is 0 Å². The Morgan fingerprint density at radius 1 is 1.12 bits per heavy atom.